The van der Waals surface area contributed by atoms with Gasteiger partial charge in [-0.05, 0) is 36.4 Å². The lowest BCUT2D eigenvalue weighted by Gasteiger charge is -2.34. The zero-order valence-corrected chi connectivity index (χ0v) is 16.9. The molecule has 0 radical (unpaired) electrons. The van der Waals surface area contributed by atoms with E-state index in [-0.39, 0.29) is 12.2 Å². The molecule has 0 aliphatic heterocycles. The highest BCUT2D eigenvalue weighted by Crippen LogP contribution is 2.42. The van der Waals surface area contributed by atoms with E-state index in [4.69, 9.17) is 23.2 Å². The fourth-order valence-corrected chi connectivity index (χ4v) is 4.05. The van der Waals surface area contributed by atoms with Crippen molar-refractivity contribution in [3.8, 4) is 0 Å². The summed E-state index contributed by atoms with van der Waals surface area (Å²) in [5, 5.41) is 20.1. The van der Waals surface area contributed by atoms with Crippen LogP contribution < -0.4 is 0 Å². The number of H-pyrrole nitrogens is 1. The van der Waals surface area contributed by atoms with Crippen molar-refractivity contribution in [1.82, 2.24) is 20.2 Å². The SMILES string of the molecule is CC(c1ccc2cc(F)ccc2n1)C(O)(Cc1nc[nH]n1)c1ccc(Cl)cc1Cl. The maximum absolute atomic E-state index is 13.5. The van der Waals surface area contributed by atoms with Crippen LogP contribution in [0, 0.1) is 5.82 Å². The van der Waals surface area contributed by atoms with Gasteiger partial charge in [-0.25, -0.2) is 9.37 Å². The van der Waals surface area contributed by atoms with Gasteiger partial charge in [-0.3, -0.25) is 10.1 Å². The summed E-state index contributed by atoms with van der Waals surface area (Å²) in [5.74, 6) is -0.364. The quantitative estimate of drug-likeness (QED) is 0.465. The number of nitrogens with zero attached hydrogens (tertiary/aromatic N) is 3. The van der Waals surface area contributed by atoms with E-state index in [9.17, 15) is 9.50 Å². The Bertz CT molecular complexity index is 1170. The summed E-state index contributed by atoms with van der Waals surface area (Å²) in [6.45, 7) is 1.86. The van der Waals surface area contributed by atoms with Gasteiger partial charge in [0.05, 0.1) is 5.52 Å². The van der Waals surface area contributed by atoms with Crippen LogP contribution in [0.25, 0.3) is 10.9 Å². The van der Waals surface area contributed by atoms with E-state index in [2.05, 4.69) is 20.2 Å². The maximum atomic E-state index is 13.5. The van der Waals surface area contributed by atoms with Gasteiger partial charge < -0.3 is 5.11 Å². The lowest BCUT2D eigenvalue weighted by atomic mass is 9.77. The molecule has 5 nitrogen and oxygen atoms in total. The first-order chi connectivity index (χ1) is 13.9. The Morgan fingerprint density at radius 2 is 1.97 bits per heavy atom. The molecular formula is C21H17Cl2FN4O. The number of aliphatic hydroxyl groups is 1. The third-order valence-corrected chi connectivity index (χ3v) is 5.67. The van der Waals surface area contributed by atoms with Crippen LogP contribution in [0.1, 0.15) is 29.9 Å². The highest BCUT2D eigenvalue weighted by Gasteiger charge is 2.40. The molecule has 2 N–H and O–H groups in total. The molecule has 2 aromatic heterocycles. The summed E-state index contributed by atoms with van der Waals surface area (Å²) in [4.78, 5) is 8.79. The predicted octanol–water partition coefficient (Wildman–Crippen LogP) is 5.03. The van der Waals surface area contributed by atoms with Gasteiger partial charge in [0.2, 0.25) is 0 Å². The van der Waals surface area contributed by atoms with Crippen molar-refractivity contribution in [1.29, 1.82) is 0 Å². The average Bonchev–Trinajstić information content (AvgIpc) is 3.19. The molecule has 0 saturated carbocycles. The van der Waals surface area contributed by atoms with Gasteiger partial charge in [-0.15, -0.1) is 0 Å². The van der Waals surface area contributed by atoms with E-state index >= 15 is 0 Å². The maximum Gasteiger partial charge on any atom is 0.153 e. The lowest BCUT2D eigenvalue weighted by Crippen LogP contribution is -2.36. The number of halogens is 3. The monoisotopic (exact) mass is 430 g/mol. The van der Waals surface area contributed by atoms with Gasteiger partial charge in [-0.1, -0.05) is 42.3 Å². The fourth-order valence-electron chi connectivity index (χ4n) is 3.48. The summed E-state index contributed by atoms with van der Waals surface area (Å²) >= 11 is 12.5. The molecule has 2 heterocycles. The number of fused-ring (bicyclic) bond motifs is 1. The molecule has 8 heteroatoms. The molecule has 0 fully saturated rings. The number of aromatic nitrogens is 4. The van der Waals surface area contributed by atoms with Crippen molar-refractivity contribution in [2.45, 2.75) is 24.9 Å². The molecule has 2 unspecified atom stereocenters. The highest BCUT2D eigenvalue weighted by atomic mass is 35.5. The van der Waals surface area contributed by atoms with E-state index in [0.29, 0.717) is 38.0 Å². The minimum absolute atomic E-state index is 0.113. The second kappa shape index (κ2) is 7.71. The Labute approximate surface area is 176 Å². The summed E-state index contributed by atoms with van der Waals surface area (Å²) in [6.07, 6.45) is 1.56. The molecule has 0 aliphatic carbocycles. The van der Waals surface area contributed by atoms with Gasteiger partial charge in [0.25, 0.3) is 0 Å². The highest BCUT2D eigenvalue weighted by molar-refractivity contribution is 6.35. The van der Waals surface area contributed by atoms with E-state index in [1.807, 2.05) is 6.92 Å². The molecule has 2 atom stereocenters. The van der Waals surface area contributed by atoms with Crippen LogP contribution in [-0.2, 0) is 12.0 Å². The molecule has 4 rings (SSSR count). The zero-order valence-electron chi connectivity index (χ0n) is 15.4. The summed E-state index contributed by atoms with van der Waals surface area (Å²) in [6, 6.07) is 12.9. The van der Waals surface area contributed by atoms with Gasteiger partial charge in [0.15, 0.2) is 5.82 Å². The molecule has 148 valence electrons. The first-order valence-corrected chi connectivity index (χ1v) is 9.71. The van der Waals surface area contributed by atoms with Crippen LogP contribution in [0.15, 0.2) is 54.9 Å². The van der Waals surface area contributed by atoms with Crippen LogP contribution in [0.2, 0.25) is 10.0 Å². The summed E-state index contributed by atoms with van der Waals surface area (Å²) in [5.41, 5.74) is 0.318. The van der Waals surface area contributed by atoms with Crippen LogP contribution in [0.3, 0.4) is 0 Å². The van der Waals surface area contributed by atoms with Gasteiger partial charge in [0, 0.05) is 39.0 Å². The van der Waals surface area contributed by atoms with E-state index < -0.39 is 11.5 Å². The lowest BCUT2D eigenvalue weighted by molar-refractivity contribution is 0.00980. The van der Waals surface area contributed by atoms with Crippen LogP contribution in [0.4, 0.5) is 4.39 Å². The normalized spacial score (nSPS) is 14.7. The minimum atomic E-state index is -1.45. The number of benzene rings is 2. The van der Waals surface area contributed by atoms with E-state index in [1.54, 1.807) is 36.4 Å². The topological polar surface area (TPSA) is 74.7 Å². The van der Waals surface area contributed by atoms with Crippen molar-refractivity contribution in [3.05, 3.63) is 87.8 Å². The molecule has 0 amide bonds. The number of hydrogen-bond donors (Lipinski definition) is 2. The molecular weight excluding hydrogens is 414 g/mol. The molecule has 0 bridgehead atoms. The van der Waals surface area contributed by atoms with Crippen molar-refractivity contribution < 1.29 is 9.50 Å². The zero-order chi connectivity index (χ0) is 20.6. The second-order valence-electron chi connectivity index (χ2n) is 6.94. The van der Waals surface area contributed by atoms with Gasteiger partial charge >= 0.3 is 0 Å². The number of nitrogens with one attached hydrogen (secondary N) is 1. The van der Waals surface area contributed by atoms with E-state index in [1.165, 1.54) is 18.5 Å². The number of pyridine rings is 1. The van der Waals surface area contributed by atoms with Crippen LogP contribution in [0.5, 0.6) is 0 Å². The number of hydrogen-bond acceptors (Lipinski definition) is 4. The smallest absolute Gasteiger partial charge is 0.153 e. The third-order valence-electron chi connectivity index (χ3n) is 5.12. The molecule has 29 heavy (non-hydrogen) atoms. The number of aromatic amines is 1. The van der Waals surface area contributed by atoms with Crippen molar-refractivity contribution in [3.63, 3.8) is 0 Å². The molecule has 0 saturated heterocycles. The number of rotatable bonds is 5. The largest absolute Gasteiger partial charge is 0.384 e. The Morgan fingerprint density at radius 1 is 1.14 bits per heavy atom. The Morgan fingerprint density at radius 3 is 2.69 bits per heavy atom. The van der Waals surface area contributed by atoms with Crippen molar-refractivity contribution in [2.24, 2.45) is 0 Å². The van der Waals surface area contributed by atoms with E-state index in [0.717, 1.165) is 0 Å². The van der Waals surface area contributed by atoms with Gasteiger partial charge in [0.1, 0.15) is 17.7 Å². The minimum Gasteiger partial charge on any atom is -0.384 e. The Balaban J connectivity index is 1.82. The fraction of sp³-hybridized carbons (Fsp3) is 0.190. The molecule has 0 spiro atoms. The first-order valence-electron chi connectivity index (χ1n) is 8.95. The van der Waals surface area contributed by atoms with Crippen LogP contribution in [-0.4, -0.2) is 25.3 Å². The Kier molecular flexibility index (Phi) is 5.25. The molecule has 0 aliphatic rings. The predicted molar refractivity (Wildman–Crippen MR) is 111 cm³/mol. The molecule has 2 aromatic carbocycles. The van der Waals surface area contributed by atoms with Crippen molar-refractivity contribution in [2.75, 3.05) is 0 Å². The second-order valence-corrected chi connectivity index (χ2v) is 7.78. The van der Waals surface area contributed by atoms with Crippen molar-refractivity contribution >= 4 is 34.1 Å². The summed E-state index contributed by atoms with van der Waals surface area (Å²) < 4.78 is 13.5. The Hall–Kier alpha value is -2.54. The summed E-state index contributed by atoms with van der Waals surface area (Å²) in [7, 11) is 0. The molecule has 4 aromatic rings. The first kappa shape index (κ1) is 19.8. The van der Waals surface area contributed by atoms with Crippen LogP contribution >= 0.6 is 23.2 Å². The third kappa shape index (κ3) is 3.83. The van der Waals surface area contributed by atoms with Gasteiger partial charge in [-0.2, -0.15) is 5.10 Å². The standard InChI is InChI=1S/C21H17Cl2FN4O/c1-12(18-6-2-13-8-15(24)4-7-19(13)27-18)21(29,10-20-25-11-26-28-20)16-5-3-14(22)9-17(16)23/h2-9,11-12,29H,10H2,1H3,(H,25,26,28). The average molecular weight is 431 g/mol.